The van der Waals surface area contributed by atoms with E-state index in [1.165, 1.54) is 16.7 Å². The zero-order chi connectivity index (χ0) is 16.6. The van der Waals surface area contributed by atoms with E-state index in [0.717, 1.165) is 5.75 Å². The summed E-state index contributed by atoms with van der Waals surface area (Å²) in [6.45, 7) is 17.8. The molecule has 0 aromatic heterocycles. The van der Waals surface area contributed by atoms with E-state index in [0.29, 0.717) is 0 Å². The topological polar surface area (TPSA) is 12.5 Å². The molecule has 1 rings (SSSR count). The van der Waals surface area contributed by atoms with Crippen LogP contribution in [0.2, 0.25) is 0 Å². The van der Waals surface area contributed by atoms with Crippen LogP contribution in [0.4, 0.5) is 0 Å². The summed E-state index contributed by atoms with van der Waals surface area (Å²) in [5, 5.41) is 0. The summed E-state index contributed by atoms with van der Waals surface area (Å²) in [7, 11) is 4.10. The second kappa shape index (κ2) is 6.00. The quantitative estimate of drug-likeness (QED) is 0.736. The van der Waals surface area contributed by atoms with E-state index < -0.39 is 0 Å². The van der Waals surface area contributed by atoms with Gasteiger partial charge in [-0.05, 0) is 38.8 Å². The second-order valence-corrected chi connectivity index (χ2v) is 8.37. The second-order valence-electron chi connectivity index (χ2n) is 8.37. The van der Waals surface area contributed by atoms with Gasteiger partial charge in [0.05, 0.1) is 0 Å². The van der Waals surface area contributed by atoms with Crippen molar-refractivity contribution in [1.82, 2.24) is 4.90 Å². The first-order valence-corrected chi connectivity index (χ1v) is 7.82. The minimum absolute atomic E-state index is 0.0508. The molecule has 2 heteroatoms. The molecule has 120 valence electrons. The van der Waals surface area contributed by atoms with Gasteiger partial charge >= 0.3 is 0 Å². The van der Waals surface area contributed by atoms with E-state index in [2.05, 4.69) is 72.4 Å². The Morgan fingerprint density at radius 3 is 1.57 bits per heavy atom. The molecular formula is C19H33NO. The third kappa shape index (κ3) is 4.47. The highest BCUT2D eigenvalue weighted by Gasteiger charge is 2.28. The molecule has 1 aromatic rings. The van der Waals surface area contributed by atoms with Crippen molar-refractivity contribution in [1.29, 1.82) is 0 Å². The molecule has 0 bridgehead atoms. The lowest BCUT2D eigenvalue weighted by Crippen LogP contribution is -2.32. The summed E-state index contributed by atoms with van der Waals surface area (Å²) in [5.41, 5.74) is 4.01. The molecule has 21 heavy (non-hydrogen) atoms. The SMILES string of the molecule is Cc1cc(C(C)(C)C)c(OC(C)N(C)C)c(C(C)(C)C)c1. The molecule has 0 heterocycles. The standard InChI is InChI=1S/C19H33NO/c1-13-11-15(18(3,4)5)17(21-14(2)20(9)10)16(12-13)19(6,7)8/h11-12,14H,1-10H3. The van der Waals surface area contributed by atoms with Gasteiger partial charge in [-0.2, -0.15) is 0 Å². The van der Waals surface area contributed by atoms with Crippen LogP contribution in [-0.2, 0) is 10.8 Å². The summed E-state index contributed by atoms with van der Waals surface area (Å²) >= 11 is 0. The first-order chi connectivity index (χ1) is 9.34. The van der Waals surface area contributed by atoms with Crippen molar-refractivity contribution in [2.45, 2.75) is 72.4 Å². The number of hydrogen-bond donors (Lipinski definition) is 0. The molecule has 0 amide bonds. The maximum absolute atomic E-state index is 6.37. The lowest BCUT2D eigenvalue weighted by atomic mass is 9.78. The number of hydrogen-bond acceptors (Lipinski definition) is 2. The summed E-state index contributed by atoms with van der Waals surface area (Å²) in [6.07, 6.45) is 0.0508. The number of ether oxygens (including phenoxy) is 1. The Labute approximate surface area is 131 Å². The van der Waals surface area contributed by atoms with Gasteiger partial charge in [0, 0.05) is 11.1 Å². The Hall–Kier alpha value is -1.02. The molecule has 0 saturated heterocycles. The van der Waals surface area contributed by atoms with E-state index in [9.17, 15) is 0 Å². The predicted octanol–water partition coefficient (Wildman–Crippen LogP) is 4.88. The zero-order valence-corrected chi connectivity index (χ0v) is 15.6. The number of aryl methyl sites for hydroxylation is 1. The average Bonchev–Trinajstić information content (AvgIpc) is 2.27. The summed E-state index contributed by atoms with van der Waals surface area (Å²) < 4.78 is 6.37. The fourth-order valence-corrected chi connectivity index (χ4v) is 2.29. The van der Waals surface area contributed by atoms with Crippen LogP contribution in [0.5, 0.6) is 5.75 Å². The van der Waals surface area contributed by atoms with Crippen LogP contribution in [0.25, 0.3) is 0 Å². The molecule has 1 unspecified atom stereocenters. The highest BCUT2D eigenvalue weighted by molar-refractivity contribution is 5.50. The van der Waals surface area contributed by atoms with Crippen LogP contribution < -0.4 is 4.74 Å². The molecule has 0 N–H and O–H groups in total. The van der Waals surface area contributed by atoms with Crippen LogP contribution in [-0.4, -0.2) is 25.2 Å². The fourth-order valence-electron chi connectivity index (χ4n) is 2.29. The largest absolute Gasteiger partial charge is 0.475 e. The molecule has 0 saturated carbocycles. The molecular weight excluding hydrogens is 258 g/mol. The Balaban J connectivity index is 3.54. The Bertz CT molecular complexity index is 454. The highest BCUT2D eigenvalue weighted by atomic mass is 16.5. The lowest BCUT2D eigenvalue weighted by Gasteiger charge is -2.33. The van der Waals surface area contributed by atoms with Crippen molar-refractivity contribution in [2.24, 2.45) is 0 Å². The smallest absolute Gasteiger partial charge is 0.149 e. The van der Waals surface area contributed by atoms with Crippen molar-refractivity contribution in [2.75, 3.05) is 14.1 Å². The average molecular weight is 291 g/mol. The van der Waals surface area contributed by atoms with Gasteiger partial charge < -0.3 is 4.74 Å². The zero-order valence-electron chi connectivity index (χ0n) is 15.6. The van der Waals surface area contributed by atoms with Gasteiger partial charge in [0.15, 0.2) is 0 Å². The van der Waals surface area contributed by atoms with E-state index in [-0.39, 0.29) is 17.1 Å². The molecule has 0 spiro atoms. The highest BCUT2D eigenvalue weighted by Crippen LogP contribution is 2.41. The van der Waals surface area contributed by atoms with Gasteiger partial charge in [0.25, 0.3) is 0 Å². The maximum atomic E-state index is 6.37. The Kier molecular flexibility index (Phi) is 5.15. The predicted molar refractivity (Wildman–Crippen MR) is 92.4 cm³/mol. The Morgan fingerprint density at radius 1 is 0.905 bits per heavy atom. The molecule has 2 nitrogen and oxygen atoms in total. The van der Waals surface area contributed by atoms with Gasteiger partial charge in [0.2, 0.25) is 0 Å². The minimum atomic E-state index is 0.0508. The minimum Gasteiger partial charge on any atom is -0.475 e. The molecule has 1 atom stereocenters. The maximum Gasteiger partial charge on any atom is 0.149 e. The van der Waals surface area contributed by atoms with E-state index in [1.807, 2.05) is 14.1 Å². The molecule has 0 aliphatic rings. The third-order valence-electron chi connectivity index (χ3n) is 3.86. The van der Waals surface area contributed by atoms with Gasteiger partial charge in [0.1, 0.15) is 12.0 Å². The summed E-state index contributed by atoms with van der Waals surface area (Å²) in [4.78, 5) is 2.10. The van der Waals surface area contributed by atoms with Crippen LogP contribution in [0, 0.1) is 6.92 Å². The van der Waals surface area contributed by atoms with E-state index in [1.54, 1.807) is 0 Å². The number of benzene rings is 1. The van der Waals surface area contributed by atoms with Crippen molar-refractivity contribution in [3.63, 3.8) is 0 Å². The van der Waals surface area contributed by atoms with Gasteiger partial charge in [-0.3, -0.25) is 4.90 Å². The van der Waals surface area contributed by atoms with E-state index >= 15 is 0 Å². The summed E-state index contributed by atoms with van der Waals surface area (Å²) in [6, 6.07) is 4.54. The molecule has 1 aromatic carbocycles. The molecule has 0 aliphatic carbocycles. The first kappa shape index (κ1) is 18.0. The number of nitrogens with zero attached hydrogens (tertiary/aromatic N) is 1. The van der Waals surface area contributed by atoms with Crippen LogP contribution in [0.3, 0.4) is 0 Å². The van der Waals surface area contributed by atoms with Crippen molar-refractivity contribution in [3.8, 4) is 5.75 Å². The monoisotopic (exact) mass is 291 g/mol. The fraction of sp³-hybridized carbons (Fsp3) is 0.684. The molecule has 0 aliphatic heterocycles. The molecule has 0 fully saturated rings. The van der Waals surface area contributed by atoms with Gasteiger partial charge in [-0.25, -0.2) is 0 Å². The summed E-state index contributed by atoms with van der Waals surface area (Å²) in [5.74, 6) is 1.06. The van der Waals surface area contributed by atoms with Crippen molar-refractivity contribution in [3.05, 3.63) is 28.8 Å². The number of rotatable bonds is 3. The van der Waals surface area contributed by atoms with Crippen LogP contribution >= 0.6 is 0 Å². The van der Waals surface area contributed by atoms with Crippen molar-refractivity contribution < 1.29 is 4.74 Å². The van der Waals surface area contributed by atoms with Crippen molar-refractivity contribution >= 4 is 0 Å². The van der Waals surface area contributed by atoms with E-state index in [4.69, 9.17) is 4.74 Å². The van der Waals surface area contributed by atoms with Gasteiger partial charge in [-0.1, -0.05) is 59.2 Å². The lowest BCUT2D eigenvalue weighted by molar-refractivity contribution is 0.0775. The first-order valence-electron chi connectivity index (χ1n) is 7.82. The Morgan fingerprint density at radius 2 is 1.29 bits per heavy atom. The van der Waals surface area contributed by atoms with Crippen LogP contribution in [0.1, 0.15) is 65.2 Å². The normalized spacial score (nSPS) is 14.4. The third-order valence-corrected chi connectivity index (χ3v) is 3.86. The van der Waals surface area contributed by atoms with Crippen LogP contribution in [0.15, 0.2) is 12.1 Å². The van der Waals surface area contributed by atoms with Gasteiger partial charge in [-0.15, -0.1) is 0 Å². The molecule has 0 radical (unpaired) electrons.